The second kappa shape index (κ2) is 10.6. The van der Waals surface area contributed by atoms with Crippen LogP contribution in [0.2, 0.25) is 0 Å². The highest BCUT2D eigenvalue weighted by atomic mass is 16.5. The molecule has 1 aliphatic rings. The Morgan fingerprint density at radius 2 is 1.53 bits per heavy atom. The Hall–Kier alpha value is -0.910. The van der Waals surface area contributed by atoms with E-state index in [4.69, 9.17) is 4.74 Å². The van der Waals surface area contributed by atoms with E-state index >= 15 is 0 Å². The average molecular weight is 482 g/mol. The minimum absolute atomic E-state index is 0.166. The monoisotopic (exact) mass is 481 g/mol. The molecule has 1 unspecified atom stereocenters. The lowest BCUT2D eigenvalue weighted by Crippen LogP contribution is -2.66. The Bertz CT molecular complexity index is 705. The number of carbonyl (C=O) groups is 1. The number of hydrogen-bond acceptors (Lipinski definition) is 3. The summed E-state index contributed by atoms with van der Waals surface area (Å²) < 4.78 is 7.31. The molecule has 0 bridgehead atoms. The summed E-state index contributed by atoms with van der Waals surface area (Å²) in [6.45, 7) is 28.0. The van der Waals surface area contributed by atoms with Crippen molar-refractivity contribution in [1.82, 2.24) is 5.32 Å². The zero-order chi connectivity index (χ0) is 26.8. The van der Waals surface area contributed by atoms with Gasteiger partial charge in [-0.2, -0.15) is 0 Å². The van der Waals surface area contributed by atoms with Crippen LogP contribution in [0.15, 0.2) is 12.2 Å². The lowest BCUT2D eigenvalue weighted by Gasteiger charge is -2.53. The Kier molecular flexibility index (Phi) is 9.70. The fourth-order valence-electron chi connectivity index (χ4n) is 7.12. The molecule has 34 heavy (non-hydrogen) atoms. The van der Waals surface area contributed by atoms with Crippen LogP contribution >= 0.6 is 0 Å². The van der Waals surface area contributed by atoms with Gasteiger partial charge in [0.2, 0.25) is 0 Å². The number of ether oxygens (including phenoxy) is 1. The molecule has 1 atom stereocenters. The smallest absolute Gasteiger partial charge is 0.333 e. The van der Waals surface area contributed by atoms with Gasteiger partial charge in [-0.05, 0) is 47.5 Å². The first-order chi connectivity index (χ1) is 15.0. The maximum atomic E-state index is 11.8. The maximum absolute atomic E-state index is 11.8. The molecular weight excluding hydrogens is 422 g/mol. The second-order valence-corrected chi connectivity index (χ2v) is 15.1. The third kappa shape index (κ3) is 9.99. The number of piperidine rings is 1. The van der Waals surface area contributed by atoms with Crippen molar-refractivity contribution in [3.8, 4) is 0 Å². The molecule has 0 aromatic rings. The molecule has 0 spiro atoms. The number of esters is 1. The summed E-state index contributed by atoms with van der Waals surface area (Å²) in [4.78, 5) is 11.8. The van der Waals surface area contributed by atoms with E-state index in [1.54, 1.807) is 6.92 Å². The first-order valence-electron chi connectivity index (χ1n) is 13.3. The largest absolute Gasteiger partial charge is 0.456 e. The maximum Gasteiger partial charge on any atom is 0.333 e. The van der Waals surface area contributed by atoms with Gasteiger partial charge in [-0.1, -0.05) is 34.3 Å². The van der Waals surface area contributed by atoms with Crippen LogP contribution in [0.25, 0.3) is 0 Å². The molecule has 1 saturated heterocycles. The Balaban J connectivity index is 2.88. The molecule has 200 valence electrons. The van der Waals surface area contributed by atoms with Gasteiger partial charge in [-0.25, -0.2) is 4.79 Å². The van der Waals surface area contributed by atoms with Crippen LogP contribution in [0, 0.1) is 10.8 Å². The molecule has 0 radical (unpaired) electrons. The van der Waals surface area contributed by atoms with Gasteiger partial charge in [0.25, 0.3) is 0 Å². The first kappa shape index (κ1) is 31.1. The topological polar surface area (TPSA) is 38.3 Å². The molecule has 0 aliphatic carbocycles. The van der Waals surface area contributed by atoms with Gasteiger partial charge < -0.3 is 19.0 Å². The van der Waals surface area contributed by atoms with Crippen molar-refractivity contribution < 1.29 is 18.5 Å². The van der Waals surface area contributed by atoms with Crippen molar-refractivity contribution in [1.29, 1.82) is 0 Å². The Morgan fingerprint density at radius 3 is 1.97 bits per heavy atom. The van der Waals surface area contributed by atoms with E-state index in [0.717, 1.165) is 28.5 Å². The standard InChI is InChI=1S/C29H59N3O2/c1-15-29(10,22-31(11,12)16-17-34-25(33)23(2)3)20-26(4,5)21-32(13,14)24-18-27(6,7)30-28(8,9)19-24/h24,30H,2,15-22H2,1,3-14H3/q+2. The molecule has 5 nitrogen and oxygen atoms in total. The summed E-state index contributed by atoms with van der Waals surface area (Å²) in [5.74, 6) is -0.288. The van der Waals surface area contributed by atoms with Crippen LogP contribution in [0.4, 0.5) is 0 Å². The number of likely N-dealkylation sites (N-methyl/N-ethyl adjacent to an activating group) is 1. The minimum Gasteiger partial charge on any atom is -0.456 e. The third-order valence-electron chi connectivity index (χ3n) is 7.84. The number of quaternary nitrogens is 2. The summed E-state index contributed by atoms with van der Waals surface area (Å²) >= 11 is 0. The summed E-state index contributed by atoms with van der Waals surface area (Å²) in [6, 6.07) is 0.647. The van der Waals surface area contributed by atoms with E-state index in [1.807, 2.05) is 0 Å². The van der Waals surface area contributed by atoms with Gasteiger partial charge in [0.15, 0.2) is 0 Å². The summed E-state index contributed by atoms with van der Waals surface area (Å²) in [5.41, 5.74) is 1.24. The van der Waals surface area contributed by atoms with Gasteiger partial charge in [0, 0.05) is 40.3 Å². The summed E-state index contributed by atoms with van der Waals surface area (Å²) in [5, 5.41) is 3.85. The zero-order valence-electron chi connectivity index (χ0n) is 25.2. The quantitative estimate of drug-likeness (QED) is 0.230. The van der Waals surface area contributed by atoms with Gasteiger partial charge in [-0.3, -0.25) is 0 Å². The molecule has 1 heterocycles. The van der Waals surface area contributed by atoms with Crippen molar-refractivity contribution in [3.05, 3.63) is 12.2 Å². The van der Waals surface area contributed by atoms with E-state index in [1.165, 1.54) is 25.8 Å². The number of nitrogens with zero attached hydrogens (tertiary/aromatic N) is 2. The van der Waals surface area contributed by atoms with Gasteiger partial charge >= 0.3 is 5.97 Å². The Labute approximate surface area is 212 Å². The van der Waals surface area contributed by atoms with Crippen LogP contribution in [0.3, 0.4) is 0 Å². The molecule has 1 rings (SSSR count). The highest BCUT2D eigenvalue weighted by Crippen LogP contribution is 2.41. The molecule has 1 N–H and O–H groups in total. The highest BCUT2D eigenvalue weighted by molar-refractivity contribution is 5.86. The van der Waals surface area contributed by atoms with Gasteiger partial charge in [-0.15, -0.1) is 0 Å². The van der Waals surface area contributed by atoms with Crippen LogP contribution in [-0.4, -0.2) is 86.5 Å². The number of hydrogen-bond donors (Lipinski definition) is 1. The van der Waals surface area contributed by atoms with E-state index in [0.29, 0.717) is 18.2 Å². The van der Waals surface area contributed by atoms with Crippen molar-refractivity contribution in [3.63, 3.8) is 0 Å². The van der Waals surface area contributed by atoms with Crippen LogP contribution < -0.4 is 5.32 Å². The van der Waals surface area contributed by atoms with Crippen molar-refractivity contribution >= 4 is 5.97 Å². The Morgan fingerprint density at radius 1 is 1.03 bits per heavy atom. The molecule has 1 fully saturated rings. The van der Waals surface area contributed by atoms with E-state index in [-0.39, 0.29) is 27.9 Å². The van der Waals surface area contributed by atoms with Crippen molar-refractivity contribution in [2.75, 3.05) is 54.4 Å². The molecule has 0 aromatic carbocycles. The first-order valence-corrected chi connectivity index (χ1v) is 13.3. The minimum atomic E-state index is -0.288. The van der Waals surface area contributed by atoms with Gasteiger partial charge in [0.05, 0.1) is 47.3 Å². The molecule has 1 aliphatic heterocycles. The van der Waals surface area contributed by atoms with Crippen LogP contribution in [-0.2, 0) is 9.53 Å². The van der Waals surface area contributed by atoms with E-state index < -0.39 is 0 Å². The molecule has 0 aromatic heterocycles. The zero-order valence-corrected chi connectivity index (χ0v) is 25.2. The fraction of sp³-hybridized carbons (Fsp3) is 0.897. The summed E-state index contributed by atoms with van der Waals surface area (Å²) in [6.07, 6.45) is 4.74. The van der Waals surface area contributed by atoms with Gasteiger partial charge in [0.1, 0.15) is 13.2 Å². The number of carbonyl (C=O) groups excluding carboxylic acids is 1. The average Bonchev–Trinajstić information content (AvgIpc) is 2.56. The second-order valence-electron chi connectivity index (χ2n) is 15.1. The van der Waals surface area contributed by atoms with Crippen LogP contribution in [0.1, 0.15) is 88.0 Å². The summed E-state index contributed by atoms with van der Waals surface area (Å²) in [7, 11) is 9.41. The lowest BCUT2D eigenvalue weighted by molar-refractivity contribution is -0.923. The van der Waals surface area contributed by atoms with Crippen LogP contribution in [0.5, 0.6) is 0 Å². The molecule has 0 saturated carbocycles. The lowest BCUT2D eigenvalue weighted by atomic mass is 9.70. The highest BCUT2D eigenvalue weighted by Gasteiger charge is 2.47. The van der Waals surface area contributed by atoms with Crippen molar-refractivity contribution in [2.24, 2.45) is 10.8 Å². The number of rotatable bonds is 12. The third-order valence-corrected chi connectivity index (χ3v) is 7.84. The number of nitrogens with one attached hydrogen (secondary N) is 1. The molecule has 0 amide bonds. The molecular formula is C29H59N3O2+2. The fourth-order valence-corrected chi connectivity index (χ4v) is 7.12. The van der Waals surface area contributed by atoms with E-state index in [9.17, 15) is 4.79 Å². The van der Waals surface area contributed by atoms with Crippen molar-refractivity contribution in [2.45, 2.75) is 105 Å². The predicted octanol–water partition coefficient (Wildman–Crippen LogP) is 5.40. The SMILES string of the molecule is C=C(C)C(=O)OCC[N+](C)(C)CC(C)(CC)CC(C)(C)C[N+](C)(C)C1CC(C)(C)NC(C)(C)C1. The molecule has 5 heteroatoms. The predicted molar refractivity (Wildman–Crippen MR) is 146 cm³/mol. The van der Waals surface area contributed by atoms with E-state index in [2.05, 4.69) is 95.5 Å². The normalized spacial score (nSPS) is 21.1.